The van der Waals surface area contributed by atoms with Gasteiger partial charge in [-0.15, -0.1) is 10.2 Å². The van der Waals surface area contributed by atoms with Crippen molar-refractivity contribution in [3.8, 4) is 17.2 Å². The summed E-state index contributed by atoms with van der Waals surface area (Å²) < 4.78 is 0. The van der Waals surface area contributed by atoms with Gasteiger partial charge in [0.25, 0.3) is 5.69 Å². The maximum atomic E-state index is 10.8. The topological polar surface area (TPSA) is 129 Å². The number of hydrogen-bond acceptors (Lipinski definition) is 7. The van der Waals surface area contributed by atoms with Crippen molar-refractivity contribution in [3.63, 3.8) is 0 Å². The number of phenolic OH excluding ortho intramolecular Hbond substituents is 3. The van der Waals surface area contributed by atoms with E-state index in [0.29, 0.717) is 12.0 Å². The normalized spacial score (nSPS) is 11.1. The summed E-state index contributed by atoms with van der Waals surface area (Å²) in [5.41, 5.74) is 0.426. The zero-order chi connectivity index (χ0) is 19.1. The Balaban J connectivity index is 2.24. The fourth-order valence-corrected chi connectivity index (χ4v) is 2.44. The van der Waals surface area contributed by atoms with Crippen molar-refractivity contribution in [2.75, 3.05) is 0 Å². The first-order chi connectivity index (χ1) is 12.4. The molecular weight excluding hydrogens is 338 g/mol. The second kappa shape index (κ2) is 8.80. The van der Waals surface area contributed by atoms with E-state index in [1.54, 1.807) is 0 Å². The Morgan fingerprint density at radius 3 is 2.27 bits per heavy atom. The number of nitro groups is 1. The van der Waals surface area contributed by atoms with E-state index >= 15 is 0 Å². The number of nitrogens with zero attached hydrogens (tertiary/aromatic N) is 3. The molecule has 0 saturated heterocycles. The number of azo groups is 1. The third-order valence-electron chi connectivity index (χ3n) is 3.91. The smallest absolute Gasteiger partial charge is 0.271 e. The van der Waals surface area contributed by atoms with E-state index in [9.17, 15) is 25.4 Å². The fourth-order valence-electron chi connectivity index (χ4n) is 2.44. The zero-order valence-corrected chi connectivity index (χ0v) is 14.4. The van der Waals surface area contributed by atoms with Gasteiger partial charge in [0, 0.05) is 18.2 Å². The van der Waals surface area contributed by atoms with Crippen LogP contribution in [0.15, 0.2) is 40.6 Å². The highest BCUT2D eigenvalue weighted by atomic mass is 16.6. The number of aryl methyl sites for hydroxylation is 1. The quantitative estimate of drug-likeness (QED) is 0.256. The standard InChI is InChI=1S/C18H21N3O5/c1-2-3-4-5-6-12-9-14(18(24)11-17(12)23)19-20-15-10-13(21(25)26)7-8-16(15)22/h7-11,22-24H,2-6H2,1H3. The molecule has 3 N–H and O–H groups in total. The largest absolute Gasteiger partial charge is 0.508 e. The second-order valence-electron chi connectivity index (χ2n) is 5.91. The first-order valence-electron chi connectivity index (χ1n) is 8.36. The van der Waals surface area contributed by atoms with Crippen LogP contribution in [0.3, 0.4) is 0 Å². The molecule has 0 bridgehead atoms. The first-order valence-corrected chi connectivity index (χ1v) is 8.36. The van der Waals surface area contributed by atoms with Gasteiger partial charge in [0.2, 0.25) is 0 Å². The molecule has 0 spiro atoms. The molecule has 0 saturated carbocycles. The minimum atomic E-state index is -0.606. The van der Waals surface area contributed by atoms with Crippen molar-refractivity contribution in [2.45, 2.75) is 39.0 Å². The third-order valence-corrected chi connectivity index (χ3v) is 3.91. The molecule has 8 heteroatoms. The van der Waals surface area contributed by atoms with Crippen LogP contribution in [-0.2, 0) is 6.42 Å². The van der Waals surface area contributed by atoms with Gasteiger partial charge in [0.05, 0.1) is 4.92 Å². The fraction of sp³-hybridized carbons (Fsp3) is 0.333. The van der Waals surface area contributed by atoms with Crippen molar-refractivity contribution in [3.05, 3.63) is 46.0 Å². The molecule has 138 valence electrons. The number of hydrogen-bond donors (Lipinski definition) is 3. The summed E-state index contributed by atoms with van der Waals surface area (Å²) in [4.78, 5) is 10.2. The van der Waals surface area contributed by atoms with Crippen LogP contribution in [0.5, 0.6) is 17.2 Å². The number of non-ortho nitro benzene ring substituents is 1. The lowest BCUT2D eigenvalue weighted by Gasteiger charge is -2.07. The van der Waals surface area contributed by atoms with Crippen molar-refractivity contribution >= 4 is 17.1 Å². The molecule has 0 unspecified atom stereocenters. The number of unbranched alkanes of at least 4 members (excludes halogenated alkanes) is 3. The average Bonchev–Trinajstić information content (AvgIpc) is 2.60. The molecule has 0 aliphatic rings. The Morgan fingerprint density at radius 2 is 1.62 bits per heavy atom. The highest BCUT2D eigenvalue weighted by molar-refractivity contribution is 5.59. The minimum Gasteiger partial charge on any atom is -0.508 e. The summed E-state index contributed by atoms with van der Waals surface area (Å²) >= 11 is 0. The summed E-state index contributed by atoms with van der Waals surface area (Å²) in [6.07, 6.45) is 4.78. The van der Waals surface area contributed by atoms with Crippen LogP contribution in [0.25, 0.3) is 0 Å². The molecule has 0 aromatic heterocycles. The molecule has 0 atom stereocenters. The van der Waals surface area contributed by atoms with Gasteiger partial charge < -0.3 is 15.3 Å². The summed E-state index contributed by atoms with van der Waals surface area (Å²) in [7, 11) is 0. The molecule has 0 amide bonds. The molecule has 2 rings (SSSR count). The zero-order valence-electron chi connectivity index (χ0n) is 14.4. The van der Waals surface area contributed by atoms with Gasteiger partial charge in [-0.1, -0.05) is 26.2 Å². The molecular formula is C18H21N3O5. The van der Waals surface area contributed by atoms with Gasteiger partial charge in [0.15, 0.2) is 0 Å². The van der Waals surface area contributed by atoms with Crippen LogP contribution in [0.1, 0.15) is 38.2 Å². The molecule has 2 aromatic rings. The Hall–Kier alpha value is -3.16. The van der Waals surface area contributed by atoms with E-state index in [2.05, 4.69) is 17.2 Å². The summed E-state index contributed by atoms with van der Waals surface area (Å²) in [5.74, 6) is -0.554. The van der Waals surface area contributed by atoms with Crippen LogP contribution in [0, 0.1) is 10.1 Å². The van der Waals surface area contributed by atoms with Crippen LogP contribution in [-0.4, -0.2) is 20.2 Å². The van der Waals surface area contributed by atoms with E-state index in [4.69, 9.17) is 0 Å². The van der Waals surface area contributed by atoms with Crippen molar-refractivity contribution in [1.82, 2.24) is 0 Å². The molecule has 0 heterocycles. The van der Waals surface area contributed by atoms with Crippen molar-refractivity contribution in [2.24, 2.45) is 10.2 Å². The number of aromatic hydroxyl groups is 3. The minimum absolute atomic E-state index is 0.0175. The summed E-state index contributed by atoms with van der Waals surface area (Å²) in [5, 5.41) is 48.1. The van der Waals surface area contributed by atoms with Gasteiger partial charge in [-0.3, -0.25) is 10.1 Å². The van der Waals surface area contributed by atoms with E-state index in [1.807, 2.05) is 0 Å². The lowest BCUT2D eigenvalue weighted by molar-refractivity contribution is -0.384. The van der Waals surface area contributed by atoms with Crippen LogP contribution < -0.4 is 0 Å². The number of phenols is 3. The number of rotatable bonds is 8. The monoisotopic (exact) mass is 359 g/mol. The Bertz CT molecular complexity index is 821. The van der Waals surface area contributed by atoms with Crippen LogP contribution >= 0.6 is 0 Å². The van der Waals surface area contributed by atoms with Gasteiger partial charge in [-0.2, -0.15) is 0 Å². The van der Waals surface area contributed by atoms with Crippen molar-refractivity contribution in [1.29, 1.82) is 0 Å². The van der Waals surface area contributed by atoms with Crippen LogP contribution in [0.2, 0.25) is 0 Å². The Labute approximate surface area is 150 Å². The van der Waals surface area contributed by atoms with Gasteiger partial charge >= 0.3 is 0 Å². The van der Waals surface area contributed by atoms with E-state index in [0.717, 1.165) is 43.9 Å². The summed E-state index contributed by atoms with van der Waals surface area (Å²) in [6, 6.07) is 6.11. The average molecular weight is 359 g/mol. The van der Waals surface area contributed by atoms with Crippen LogP contribution in [0.4, 0.5) is 17.1 Å². The third kappa shape index (κ3) is 4.92. The number of benzene rings is 2. The highest BCUT2D eigenvalue weighted by Gasteiger charge is 2.12. The number of nitro benzene ring substituents is 1. The molecule has 0 aliphatic carbocycles. The molecule has 2 aromatic carbocycles. The predicted octanol–water partition coefficient (Wildman–Crippen LogP) is 5.25. The van der Waals surface area contributed by atoms with E-state index < -0.39 is 4.92 Å². The molecule has 0 radical (unpaired) electrons. The van der Waals surface area contributed by atoms with E-state index in [1.165, 1.54) is 12.1 Å². The lowest BCUT2D eigenvalue weighted by atomic mass is 10.0. The molecule has 8 nitrogen and oxygen atoms in total. The first kappa shape index (κ1) is 19.2. The Morgan fingerprint density at radius 1 is 0.923 bits per heavy atom. The maximum absolute atomic E-state index is 10.8. The summed E-state index contributed by atoms with van der Waals surface area (Å²) in [6.45, 7) is 2.11. The molecule has 0 fully saturated rings. The van der Waals surface area contributed by atoms with E-state index in [-0.39, 0.29) is 34.3 Å². The molecule has 26 heavy (non-hydrogen) atoms. The van der Waals surface area contributed by atoms with Gasteiger partial charge in [-0.25, -0.2) is 0 Å². The highest BCUT2D eigenvalue weighted by Crippen LogP contribution is 2.37. The van der Waals surface area contributed by atoms with Gasteiger partial charge in [0.1, 0.15) is 28.6 Å². The maximum Gasteiger partial charge on any atom is 0.271 e. The Kier molecular flexibility index (Phi) is 6.48. The SMILES string of the molecule is CCCCCCc1cc(N=Nc2cc([N+](=O)[O-])ccc2O)c(O)cc1O. The second-order valence-corrected chi connectivity index (χ2v) is 5.91. The van der Waals surface area contributed by atoms with Gasteiger partial charge in [-0.05, 0) is 30.5 Å². The predicted molar refractivity (Wildman–Crippen MR) is 96.6 cm³/mol. The lowest BCUT2D eigenvalue weighted by Crippen LogP contribution is -1.87. The van der Waals surface area contributed by atoms with Crippen molar-refractivity contribution < 1.29 is 20.2 Å². The molecule has 0 aliphatic heterocycles.